The predicted molar refractivity (Wildman–Crippen MR) is 103 cm³/mol. The van der Waals surface area contributed by atoms with Gasteiger partial charge in [-0.15, -0.1) is 0 Å². The highest BCUT2D eigenvalue weighted by Crippen LogP contribution is 2.39. The van der Waals surface area contributed by atoms with Crippen LogP contribution in [0.5, 0.6) is 11.5 Å². The Morgan fingerprint density at radius 3 is 2.77 bits per heavy atom. The van der Waals surface area contributed by atoms with Gasteiger partial charge in [0.25, 0.3) is 5.91 Å². The van der Waals surface area contributed by atoms with Crippen LogP contribution in [0.15, 0.2) is 48.5 Å². The van der Waals surface area contributed by atoms with E-state index in [0.717, 1.165) is 29.0 Å². The fourth-order valence-corrected chi connectivity index (χ4v) is 3.37. The molecule has 4 heteroatoms. The Bertz CT molecular complexity index is 784. The molecule has 0 aromatic heterocycles. The number of aryl methyl sites for hydroxylation is 1. The molecule has 1 aliphatic heterocycles. The van der Waals surface area contributed by atoms with Crippen molar-refractivity contribution in [3.63, 3.8) is 0 Å². The van der Waals surface area contributed by atoms with Crippen LogP contribution in [0.4, 0.5) is 0 Å². The number of hydrogen-bond acceptors (Lipinski definition) is 3. The van der Waals surface area contributed by atoms with Crippen LogP contribution in [-0.4, -0.2) is 17.6 Å². The van der Waals surface area contributed by atoms with E-state index in [1.807, 2.05) is 76.2 Å². The molecule has 138 valence electrons. The van der Waals surface area contributed by atoms with Crippen LogP contribution >= 0.6 is 0 Å². The van der Waals surface area contributed by atoms with Crippen molar-refractivity contribution in [3.8, 4) is 11.5 Å². The first-order chi connectivity index (χ1) is 12.4. The molecule has 0 bridgehead atoms. The van der Waals surface area contributed by atoms with Crippen LogP contribution in [0.25, 0.3) is 0 Å². The molecular formula is C22H27NO3. The summed E-state index contributed by atoms with van der Waals surface area (Å²) in [5.41, 5.74) is 1.80. The molecule has 0 radical (unpaired) electrons. The van der Waals surface area contributed by atoms with Crippen molar-refractivity contribution in [2.24, 2.45) is 0 Å². The molecule has 1 N–H and O–H groups in total. The first kappa shape index (κ1) is 18.3. The number of carbonyl (C=O) groups is 1. The Morgan fingerprint density at radius 2 is 2.04 bits per heavy atom. The monoisotopic (exact) mass is 353 g/mol. The van der Waals surface area contributed by atoms with Crippen molar-refractivity contribution in [2.45, 2.75) is 58.3 Å². The van der Waals surface area contributed by atoms with Crippen molar-refractivity contribution >= 4 is 5.91 Å². The van der Waals surface area contributed by atoms with Gasteiger partial charge in [-0.3, -0.25) is 4.79 Å². The summed E-state index contributed by atoms with van der Waals surface area (Å²) in [4.78, 5) is 12.9. The van der Waals surface area contributed by atoms with Gasteiger partial charge in [-0.05, 0) is 51.0 Å². The van der Waals surface area contributed by atoms with E-state index in [4.69, 9.17) is 9.47 Å². The number of carbonyl (C=O) groups excluding carboxylic acids is 1. The highest BCUT2D eigenvalue weighted by atomic mass is 16.5. The fourth-order valence-electron chi connectivity index (χ4n) is 3.37. The van der Waals surface area contributed by atoms with Crippen molar-refractivity contribution in [2.75, 3.05) is 0 Å². The summed E-state index contributed by atoms with van der Waals surface area (Å²) in [5, 5.41) is 3.17. The summed E-state index contributed by atoms with van der Waals surface area (Å²) in [6.07, 6.45) is 0.805. The Labute approximate surface area is 155 Å². The van der Waals surface area contributed by atoms with Gasteiger partial charge in [0.2, 0.25) is 0 Å². The molecule has 1 aliphatic rings. The van der Waals surface area contributed by atoms with E-state index in [2.05, 4.69) is 5.32 Å². The Morgan fingerprint density at radius 1 is 1.27 bits per heavy atom. The van der Waals surface area contributed by atoms with Crippen molar-refractivity contribution in [3.05, 3.63) is 59.7 Å². The van der Waals surface area contributed by atoms with E-state index in [9.17, 15) is 4.79 Å². The molecule has 4 nitrogen and oxygen atoms in total. The quantitative estimate of drug-likeness (QED) is 0.856. The maximum absolute atomic E-state index is 12.9. The molecule has 1 amide bonds. The zero-order chi connectivity index (χ0) is 18.7. The Balaban J connectivity index is 1.75. The second-order valence-electron chi connectivity index (χ2n) is 7.50. The minimum atomic E-state index is -0.519. The van der Waals surface area contributed by atoms with Gasteiger partial charge in [-0.1, -0.05) is 37.3 Å². The van der Waals surface area contributed by atoms with Gasteiger partial charge < -0.3 is 14.8 Å². The first-order valence-corrected chi connectivity index (χ1v) is 9.19. The molecule has 2 unspecified atom stereocenters. The zero-order valence-electron chi connectivity index (χ0n) is 15.9. The van der Waals surface area contributed by atoms with Crippen LogP contribution in [-0.2, 0) is 4.79 Å². The van der Waals surface area contributed by atoms with Gasteiger partial charge >= 0.3 is 0 Å². The van der Waals surface area contributed by atoms with Gasteiger partial charge in [-0.25, -0.2) is 0 Å². The fraction of sp³-hybridized carbons (Fsp3) is 0.409. The average Bonchev–Trinajstić information content (AvgIpc) is 2.58. The predicted octanol–water partition coefficient (Wildman–Crippen LogP) is 4.57. The van der Waals surface area contributed by atoms with Gasteiger partial charge in [0.05, 0.1) is 6.04 Å². The summed E-state index contributed by atoms with van der Waals surface area (Å²) in [6.45, 7) is 8.06. The van der Waals surface area contributed by atoms with Crippen LogP contribution in [0, 0.1) is 6.92 Å². The molecule has 2 atom stereocenters. The lowest BCUT2D eigenvalue weighted by atomic mass is 9.89. The Kier molecular flexibility index (Phi) is 5.21. The molecule has 2 aromatic rings. The third-order valence-corrected chi connectivity index (χ3v) is 4.62. The molecule has 0 saturated carbocycles. The lowest BCUT2D eigenvalue weighted by Gasteiger charge is -2.38. The van der Waals surface area contributed by atoms with Gasteiger partial charge in [-0.2, -0.15) is 0 Å². The van der Waals surface area contributed by atoms with Crippen molar-refractivity contribution in [1.29, 1.82) is 0 Å². The van der Waals surface area contributed by atoms with Crippen molar-refractivity contribution in [1.82, 2.24) is 5.32 Å². The number of ether oxygens (including phenoxy) is 2. The summed E-state index contributed by atoms with van der Waals surface area (Å²) < 4.78 is 12.0. The van der Waals surface area contributed by atoms with Crippen molar-refractivity contribution < 1.29 is 14.3 Å². The second-order valence-corrected chi connectivity index (χ2v) is 7.50. The molecule has 0 aliphatic carbocycles. The molecule has 1 heterocycles. The summed E-state index contributed by atoms with van der Waals surface area (Å²) >= 11 is 0. The number of nitrogens with one attached hydrogen (secondary N) is 1. The van der Waals surface area contributed by atoms with Crippen LogP contribution in [0.1, 0.15) is 50.8 Å². The topological polar surface area (TPSA) is 47.6 Å². The minimum absolute atomic E-state index is 0.0855. The van der Waals surface area contributed by atoms with Crippen LogP contribution < -0.4 is 14.8 Å². The van der Waals surface area contributed by atoms with E-state index >= 15 is 0 Å². The molecule has 26 heavy (non-hydrogen) atoms. The molecule has 0 fully saturated rings. The zero-order valence-corrected chi connectivity index (χ0v) is 15.9. The SMILES string of the molecule is CCC(Oc1cccc(C)c1)C(=O)NC1CC(C)(C)Oc2ccccc21. The lowest BCUT2D eigenvalue weighted by molar-refractivity contribution is -0.129. The molecule has 0 saturated heterocycles. The van der Waals surface area contributed by atoms with E-state index < -0.39 is 6.10 Å². The maximum Gasteiger partial charge on any atom is 0.261 e. The van der Waals surface area contributed by atoms with Crippen LogP contribution in [0.3, 0.4) is 0 Å². The third-order valence-electron chi connectivity index (χ3n) is 4.62. The van der Waals surface area contributed by atoms with Gasteiger partial charge in [0.1, 0.15) is 17.1 Å². The van der Waals surface area contributed by atoms with E-state index in [0.29, 0.717) is 6.42 Å². The van der Waals surface area contributed by atoms with E-state index in [-0.39, 0.29) is 17.6 Å². The summed E-state index contributed by atoms with van der Waals surface area (Å²) in [7, 11) is 0. The highest BCUT2D eigenvalue weighted by Gasteiger charge is 2.35. The van der Waals surface area contributed by atoms with Gasteiger partial charge in [0, 0.05) is 12.0 Å². The summed E-state index contributed by atoms with van der Waals surface area (Å²) in [6, 6.07) is 15.6. The molecule has 0 spiro atoms. The number of hydrogen-bond donors (Lipinski definition) is 1. The van der Waals surface area contributed by atoms with E-state index in [1.165, 1.54) is 0 Å². The van der Waals surface area contributed by atoms with E-state index in [1.54, 1.807) is 0 Å². The highest BCUT2D eigenvalue weighted by molar-refractivity contribution is 5.81. The number of para-hydroxylation sites is 1. The average molecular weight is 353 g/mol. The number of amides is 1. The molecule has 2 aromatic carbocycles. The number of rotatable bonds is 5. The molecule has 3 rings (SSSR count). The lowest BCUT2D eigenvalue weighted by Crippen LogP contribution is -2.45. The summed E-state index contributed by atoms with van der Waals surface area (Å²) in [5.74, 6) is 1.47. The number of benzene rings is 2. The standard InChI is InChI=1S/C22H27NO3/c1-5-19(25-16-10-8-9-15(2)13-16)21(24)23-18-14-22(3,4)26-20-12-7-6-11-17(18)20/h6-13,18-19H,5,14H2,1-4H3,(H,23,24). The van der Waals surface area contributed by atoms with Crippen LogP contribution in [0.2, 0.25) is 0 Å². The third kappa shape index (κ3) is 4.18. The number of fused-ring (bicyclic) bond motifs is 1. The van der Waals surface area contributed by atoms with Gasteiger partial charge in [0.15, 0.2) is 6.10 Å². The normalized spacial score (nSPS) is 19.0. The maximum atomic E-state index is 12.9. The molecular weight excluding hydrogens is 326 g/mol. The Hall–Kier alpha value is -2.49. The minimum Gasteiger partial charge on any atom is -0.487 e. The smallest absolute Gasteiger partial charge is 0.261 e. The second kappa shape index (κ2) is 7.40. The first-order valence-electron chi connectivity index (χ1n) is 9.19. The largest absolute Gasteiger partial charge is 0.487 e.